The zero-order chi connectivity index (χ0) is 22.4. The lowest BCUT2D eigenvalue weighted by molar-refractivity contribution is -0.0712. The molecule has 0 heterocycles. The van der Waals surface area contributed by atoms with Gasteiger partial charge in [0.1, 0.15) is 0 Å². The third kappa shape index (κ3) is 8.61. The summed E-state index contributed by atoms with van der Waals surface area (Å²) in [7, 11) is 1.85. The standard InChI is InChI=1S/C26H43F3O/c1-5-8-9-10-11-14-17-22(26(6-2,7-3)30-4)18-15-12-13-16-21-19-23(27)25(29)24(28)20-21/h19-20,22H,5-18H2,1-4H3. The molecule has 174 valence electrons. The molecule has 1 aromatic carbocycles. The molecule has 1 aromatic rings. The van der Waals surface area contributed by atoms with E-state index in [9.17, 15) is 13.2 Å². The highest BCUT2D eigenvalue weighted by molar-refractivity contribution is 5.19. The first-order valence-corrected chi connectivity index (χ1v) is 12.1. The number of benzene rings is 1. The Morgan fingerprint density at radius 2 is 1.27 bits per heavy atom. The number of unbranched alkanes of at least 4 members (excludes halogenated alkanes) is 7. The Kier molecular flexibility index (Phi) is 13.4. The third-order valence-corrected chi connectivity index (χ3v) is 6.82. The van der Waals surface area contributed by atoms with Crippen LogP contribution in [-0.2, 0) is 11.2 Å². The molecule has 0 N–H and O–H groups in total. The molecular formula is C26H43F3O. The van der Waals surface area contributed by atoms with E-state index >= 15 is 0 Å². The number of rotatable bonds is 17. The van der Waals surface area contributed by atoms with Gasteiger partial charge < -0.3 is 4.74 Å². The molecule has 1 unspecified atom stereocenters. The molecule has 0 saturated heterocycles. The highest BCUT2D eigenvalue weighted by atomic mass is 19.2. The Bertz CT molecular complexity index is 552. The van der Waals surface area contributed by atoms with Crippen molar-refractivity contribution >= 4 is 0 Å². The molecule has 0 spiro atoms. The van der Waals surface area contributed by atoms with Crippen LogP contribution in [0.25, 0.3) is 0 Å². The molecule has 0 aromatic heterocycles. The Morgan fingerprint density at radius 1 is 0.767 bits per heavy atom. The van der Waals surface area contributed by atoms with Gasteiger partial charge >= 0.3 is 0 Å². The van der Waals surface area contributed by atoms with Crippen LogP contribution in [0.2, 0.25) is 0 Å². The first kappa shape index (κ1) is 27.0. The van der Waals surface area contributed by atoms with Crippen molar-refractivity contribution < 1.29 is 17.9 Å². The van der Waals surface area contributed by atoms with E-state index in [0.717, 1.165) is 50.7 Å². The van der Waals surface area contributed by atoms with Gasteiger partial charge in [0.15, 0.2) is 17.5 Å². The Labute approximate surface area is 182 Å². The van der Waals surface area contributed by atoms with E-state index in [2.05, 4.69) is 20.8 Å². The highest BCUT2D eigenvalue weighted by Gasteiger charge is 2.34. The summed E-state index contributed by atoms with van der Waals surface area (Å²) in [4.78, 5) is 0. The molecule has 0 amide bonds. The molecule has 30 heavy (non-hydrogen) atoms. The smallest absolute Gasteiger partial charge is 0.194 e. The summed E-state index contributed by atoms with van der Waals surface area (Å²) >= 11 is 0. The van der Waals surface area contributed by atoms with Gasteiger partial charge in [-0.3, -0.25) is 0 Å². The summed E-state index contributed by atoms with van der Waals surface area (Å²) in [6.45, 7) is 6.69. The second-order valence-electron chi connectivity index (χ2n) is 8.70. The molecule has 0 fully saturated rings. The van der Waals surface area contributed by atoms with Crippen LogP contribution in [0.3, 0.4) is 0 Å². The van der Waals surface area contributed by atoms with Crippen LogP contribution in [0.1, 0.15) is 110 Å². The molecule has 0 radical (unpaired) electrons. The lowest BCUT2D eigenvalue weighted by atomic mass is 9.76. The molecule has 0 aliphatic rings. The van der Waals surface area contributed by atoms with Gasteiger partial charge in [0.2, 0.25) is 0 Å². The first-order valence-electron chi connectivity index (χ1n) is 12.1. The fourth-order valence-corrected chi connectivity index (χ4v) is 4.77. The van der Waals surface area contributed by atoms with Crippen molar-refractivity contribution in [2.75, 3.05) is 7.11 Å². The molecule has 1 rings (SSSR count). The van der Waals surface area contributed by atoms with E-state index in [0.29, 0.717) is 17.9 Å². The summed E-state index contributed by atoms with van der Waals surface area (Å²) in [6, 6.07) is 2.23. The Morgan fingerprint density at radius 3 is 1.77 bits per heavy atom. The van der Waals surface area contributed by atoms with E-state index in [4.69, 9.17) is 4.74 Å². The van der Waals surface area contributed by atoms with Crippen molar-refractivity contribution in [3.8, 4) is 0 Å². The van der Waals surface area contributed by atoms with E-state index < -0.39 is 17.5 Å². The quantitative estimate of drug-likeness (QED) is 0.178. The van der Waals surface area contributed by atoms with Crippen molar-refractivity contribution in [3.05, 3.63) is 35.1 Å². The summed E-state index contributed by atoms with van der Waals surface area (Å²) in [5.74, 6) is -3.03. The van der Waals surface area contributed by atoms with Crippen LogP contribution in [0.4, 0.5) is 13.2 Å². The van der Waals surface area contributed by atoms with E-state index in [1.165, 1.54) is 44.9 Å². The molecule has 0 aliphatic heterocycles. The Balaban J connectivity index is 2.50. The van der Waals surface area contributed by atoms with E-state index in [1.54, 1.807) is 0 Å². The number of ether oxygens (including phenoxy) is 1. The number of methoxy groups -OCH3 is 1. The fourth-order valence-electron chi connectivity index (χ4n) is 4.77. The summed E-state index contributed by atoms with van der Waals surface area (Å²) in [5, 5.41) is 0. The van der Waals surface area contributed by atoms with Crippen molar-refractivity contribution in [1.29, 1.82) is 0 Å². The first-order chi connectivity index (χ1) is 14.4. The minimum Gasteiger partial charge on any atom is -0.378 e. The molecule has 0 bridgehead atoms. The third-order valence-electron chi connectivity index (χ3n) is 6.82. The second kappa shape index (κ2) is 14.9. The lowest BCUT2D eigenvalue weighted by Crippen LogP contribution is -2.39. The van der Waals surface area contributed by atoms with Crippen molar-refractivity contribution in [3.63, 3.8) is 0 Å². The number of hydrogen-bond acceptors (Lipinski definition) is 1. The topological polar surface area (TPSA) is 9.23 Å². The maximum absolute atomic E-state index is 13.4. The molecule has 0 aliphatic carbocycles. The normalized spacial score (nSPS) is 13.0. The molecule has 0 saturated carbocycles. The van der Waals surface area contributed by atoms with Gasteiger partial charge in [-0.2, -0.15) is 0 Å². The van der Waals surface area contributed by atoms with Gasteiger partial charge in [-0.05, 0) is 62.1 Å². The predicted molar refractivity (Wildman–Crippen MR) is 120 cm³/mol. The molecule has 4 heteroatoms. The average molecular weight is 429 g/mol. The summed E-state index contributed by atoms with van der Waals surface area (Å²) in [5.41, 5.74) is 0.482. The van der Waals surface area contributed by atoms with Crippen molar-refractivity contribution in [1.82, 2.24) is 0 Å². The van der Waals surface area contributed by atoms with Gasteiger partial charge in [0.05, 0.1) is 5.60 Å². The number of halogens is 3. The van der Waals surface area contributed by atoms with Crippen molar-refractivity contribution in [2.45, 2.75) is 116 Å². The SMILES string of the molecule is CCCCCCCCC(CCCCCc1cc(F)c(F)c(F)c1)C(CC)(CC)OC. The molecular weight excluding hydrogens is 385 g/mol. The zero-order valence-electron chi connectivity index (χ0n) is 19.7. The minimum absolute atomic E-state index is 0.0490. The average Bonchev–Trinajstić information content (AvgIpc) is 2.75. The number of aryl methyl sites for hydroxylation is 1. The van der Waals surface area contributed by atoms with Crippen LogP contribution in [0.5, 0.6) is 0 Å². The zero-order valence-corrected chi connectivity index (χ0v) is 19.7. The van der Waals surface area contributed by atoms with Gasteiger partial charge in [-0.25, -0.2) is 13.2 Å². The fraction of sp³-hybridized carbons (Fsp3) is 0.769. The van der Waals surface area contributed by atoms with Crippen molar-refractivity contribution in [2.24, 2.45) is 5.92 Å². The van der Waals surface area contributed by atoms with Gasteiger partial charge in [0, 0.05) is 7.11 Å². The largest absolute Gasteiger partial charge is 0.378 e. The van der Waals surface area contributed by atoms with Gasteiger partial charge in [-0.1, -0.05) is 72.1 Å². The van der Waals surface area contributed by atoms with Crippen LogP contribution in [0.15, 0.2) is 12.1 Å². The lowest BCUT2D eigenvalue weighted by Gasteiger charge is -2.39. The van der Waals surface area contributed by atoms with Gasteiger partial charge in [-0.15, -0.1) is 0 Å². The van der Waals surface area contributed by atoms with Crippen LogP contribution in [-0.4, -0.2) is 12.7 Å². The van der Waals surface area contributed by atoms with Crippen LogP contribution < -0.4 is 0 Å². The second-order valence-corrected chi connectivity index (χ2v) is 8.70. The van der Waals surface area contributed by atoms with E-state index in [-0.39, 0.29) is 5.60 Å². The predicted octanol–water partition coefficient (Wildman–Crippen LogP) is 8.78. The summed E-state index contributed by atoms with van der Waals surface area (Å²) < 4.78 is 45.8. The van der Waals surface area contributed by atoms with E-state index in [1.807, 2.05) is 7.11 Å². The monoisotopic (exact) mass is 428 g/mol. The Hall–Kier alpha value is -1.03. The maximum Gasteiger partial charge on any atom is 0.194 e. The minimum atomic E-state index is -1.38. The number of hydrogen-bond donors (Lipinski definition) is 0. The van der Waals surface area contributed by atoms with Crippen LogP contribution in [0, 0.1) is 23.4 Å². The summed E-state index contributed by atoms with van der Waals surface area (Å²) in [6.07, 6.45) is 15.7. The highest BCUT2D eigenvalue weighted by Crippen LogP contribution is 2.36. The van der Waals surface area contributed by atoms with Crippen LogP contribution >= 0.6 is 0 Å². The maximum atomic E-state index is 13.4. The molecule has 1 nitrogen and oxygen atoms in total. The van der Waals surface area contributed by atoms with Gasteiger partial charge in [0.25, 0.3) is 0 Å². The molecule has 1 atom stereocenters.